The number of aliphatic hydroxyl groups excluding tert-OH is 1. The van der Waals surface area contributed by atoms with Crippen LogP contribution in [0.4, 0.5) is 0 Å². The maximum absolute atomic E-state index is 15.0. The number of ether oxygens (including phenoxy) is 1. The summed E-state index contributed by atoms with van der Waals surface area (Å²) in [5.41, 5.74) is 6.34. The average Bonchev–Trinajstić information content (AvgIpc) is 1.79. The highest BCUT2D eigenvalue weighted by atomic mass is 16.5. The maximum atomic E-state index is 15.0. The van der Waals surface area contributed by atoms with Crippen molar-refractivity contribution in [1.82, 2.24) is 68.7 Å². The Morgan fingerprint density at radius 1 is 0.610 bits per heavy atom. The van der Waals surface area contributed by atoms with E-state index in [1.807, 2.05) is 13.8 Å². The van der Waals surface area contributed by atoms with E-state index < -0.39 is 203 Å². The Labute approximate surface area is 620 Å². The molecular formula is C75H124N14O16. The number of cyclic esters (lactones) is 1. The number of allylic oxidation sites excluding steroid dienone is 1. The zero-order chi connectivity index (χ0) is 79.4. The van der Waals surface area contributed by atoms with Gasteiger partial charge in [-0.3, -0.25) is 62.3 Å². The number of hydrogen-bond donors (Lipinski definition) is 14. The van der Waals surface area contributed by atoms with Gasteiger partial charge in [-0.2, -0.15) is 0 Å². The number of carbonyl (C=O) groups is 14. The number of likely N-dealkylation sites (tertiary alicyclic amines) is 1. The molecule has 0 unspecified atom stereocenters. The lowest BCUT2D eigenvalue weighted by molar-refractivity contribution is -0.157. The number of rotatable bonds is 33. The van der Waals surface area contributed by atoms with Crippen LogP contribution in [0.1, 0.15) is 195 Å². The lowest BCUT2D eigenvalue weighted by Gasteiger charge is -2.33. The normalized spacial score (nSPS) is 22.6. The lowest BCUT2D eigenvalue weighted by atomic mass is 9.95. The summed E-state index contributed by atoms with van der Waals surface area (Å²) in [5, 5.41) is 43.2. The summed E-state index contributed by atoms with van der Waals surface area (Å²) in [4.78, 5) is 202. The fourth-order valence-electron chi connectivity index (χ4n) is 12.1. The van der Waals surface area contributed by atoms with Crippen LogP contribution in [0, 0.1) is 47.3 Å². The molecule has 0 saturated carbocycles. The maximum Gasteiger partial charge on any atom is 0.329 e. The Balaban J connectivity index is 2.00. The van der Waals surface area contributed by atoms with E-state index in [1.165, 1.54) is 31.7 Å². The molecule has 16 atom stereocenters. The molecule has 0 spiro atoms. The summed E-state index contributed by atoms with van der Waals surface area (Å²) in [6.45, 7) is 31.8. The topological polar surface area (TPSA) is 442 Å². The number of hydrogen-bond acceptors (Lipinski definition) is 17. The number of esters is 1. The number of nitrogens with zero attached hydrogens (tertiary/aromatic N) is 1. The van der Waals surface area contributed by atoms with Gasteiger partial charge in [0.25, 0.3) is 5.91 Å². The third-order valence-corrected chi connectivity index (χ3v) is 19.3. The Bertz CT molecular complexity index is 3160. The Morgan fingerprint density at radius 2 is 1.15 bits per heavy atom. The molecule has 30 nitrogen and oxygen atoms in total. The van der Waals surface area contributed by atoms with E-state index in [0.29, 0.717) is 30.7 Å². The molecule has 2 fully saturated rings. The van der Waals surface area contributed by atoms with E-state index in [1.54, 1.807) is 127 Å². The molecule has 30 heteroatoms. The molecule has 2 saturated heterocycles. The third-order valence-electron chi connectivity index (χ3n) is 19.3. The van der Waals surface area contributed by atoms with E-state index in [9.17, 15) is 62.6 Å². The minimum absolute atomic E-state index is 0.0355. The molecule has 590 valence electrons. The largest absolute Gasteiger partial charge is 0.458 e. The molecule has 1 aromatic rings. The van der Waals surface area contributed by atoms with Gasteiger partial charge in [-0.25, -0.2) is 4.79 Å². The highest BCUT2D eigenvalue weighted by Crippen LogP contribution is 2.23. The van der Waals surface area contributed by atoms with Gasteiger partial charge in [0.1, 0.15) is 84.3 Å². The molecule has 0 radical (unpaired) electrons. The molecule has 105 heavy (non-hydrogen) atoms. The standard InChI is InChI=1S/C75H124N14O16/c1-20-44(16)59(71(100)88-62-47(19)105-75(104)58(43(14)15)84-63(92)49(22-3)77-65(94)51(37-48-30-24-23-25-31-48)79-67(96)55(40(8)9)81-70(99)60(45(17)21-2)86-73(62)102)85-64(93)50(32-27-35-76)78-66(95)52-33-28-36-89(52)74(103)57(42(12)13)83-69(98)56(41(10)11)82-72(101)61(46(18)90)87-68(97)54(39(6)7)80-53(91)34-26-29-38(4)5/h22-25,30-31,38-47,50-52,54-62,90H,20-21,26-29,32-37,76H2,1-19H3,(H,77,94)(H,78,95)(H,79,96)(H,80,91)(H,81,99)(H,82,101)(H,83,98)(H,84,92)(H,85,93)(H,86,102)(H,87,97)(H,88,100)/b49-22-/t44-,45+,46-,47+,50+,51+,52-,54-,55-,56+,57-,58+,59+,60-,61+,62+/m0/s1. The van der Waals surface area contributed by atoms with E-state index in [0.717, 1.165) is 6.42 Å². The average molecular weight is 1480 g/mol. The van der Waals surface area contributed by atoms with Crippen molar-refractivity contribution in [3.63, 3.8) is 0 Å². The molecule has 0 aromatic heterocycles. The molecule has 2 heterocycles. The highest BCUT2D eigenvalue weighted by Gasteiger charge is 2.44. The van der Waals surface area contributed by atoms with Gasteiger partial charge in [-0.1, -0.05) is 166 Å². The zero-order valence-corrected chi connectivity index (χ0v) is 65.2. The SMILES string of the molecule is C/C=C1\NC(=O)[C@@H](Cc2ccccc2)NC(=O)[C@H](C(C)C)NC(=O)[C@H]([C@H](C)CC)NC(=O)[C@H](NC(=O)[C@H](NC(=O)[C@@H](CCCN)NC(=O)[C@@H]2CCCN2C(=O)[C@@H](NC(=O)[C@H](NC(=O)[C@H](NC(=O)[C@@H](NC(=O)CCCC(C)C)C(C)C)[C@H](C)O)C(C)C)C(C)C)[C@@H](C)CC)[C@@H](C)OC(=O)[C@@H](C(C)C)NC1=O. The molecule has 2 aliphatic heterocycles. The van der Waals surface area contributed by atoms with Gasteiger partial charge in [0.15, 0.2) is 0 Å². The first-order chi connectivity index (χ1) is 49.2. The molecule has 13 amide bonds. The molecular weight excluding hydrogens is 1350 g/mol. The van der Waals surface area contributed by atoms with Gasteiger partial charge in [0, 0.05) is 19.4 Å². The molecule has 0 bridgehead atoms. The molecule has 3 rings (SSSR count). The van der Waals surface area contributed by atoms with Crippen LogP contribution in [0.2, 0.25) is 0 Å². The molecule has 15 N–H and O–H groups in total. The fraction of sp³-hybridized carbons (Fsp3) is 0.707. The van der Waals surface area contributed by atoms with Gasteiger partial charge < -0.3 is 84.3 Å². The van der Waals surface area contributed by atoms with Crippen LogP contribution in [-0.2, 0) is 78.3 Å². The van der Waals surface area contributed by atoms with E-state index >= 15 is 9.59 Å². The number of carbonyl (C=O) groups excluding carboxylic acids is 14. The molecule has 0 aliphatic carbocycles. The second-order valence-corrected chi connectivity index (χ2v) is 30.2. The minimum atomic E-state index is -1.83. The number of nitrogens with two attached hydrogens (primary N) is 1. The predicted octanol–water partition coefficient (Wildman–Crippen LogP) is 1.84. The molecule has 2 aliphatic rings. The number of amides is 13. The summed E-state index contributed by atoms with van der Waals surface area (Å²) in [7, 11) is 0. The summed E-state index contributed by atoms with van der Waals surface area (Å²) in [5.74, 6) is -15.1. The van der Waals surface area contributed by atoms with Gasteiger partial charge in [0.2, 0.25) is 70.9 Å². The first-order valence-corrected chi connectivity index (χ1v) is 37.5. The van der Waals surface area contributed by atoms with Crippen LogP contribution in [0.25, 0.3) is 0 Å². The van der Waals surface area contributed by atoms with Crippen molar-refractivity contribution in [3.05, 3.63) is 47.7 Å². The zero-order valence-electron chi connectivity index (χ0n) is 65.2. The lowest BCUT2D eigenvalue weighted by Crippen LogP contribution is -2.64. The monoisotopic (exact) mass is 1480 g/mol. The third kappa shape index (κ3) is 27.7. The van der Waals surface area contributed by atoms with E-state index in [2.05, 4.69) is 63.8 Å². The fourth-order valence-corrected chi connectivity index (χ4v) is 12.1. The quantitative estimate of drug-likeness (QED) is 0.0353. The van der Waals surface area contributed by atoms with Crippen molar-refractivity contribution in [3.8, 4) is 0 Å². The van der Waals surface area contributed by atoms with Crippen molar-refractivity contribution in [2.45, 2.75) is 280 Å². The van der Waals surface area contributed by atoms with E-state index in [4.69, 9.17) is 10.5 Å². The minimum Gasteiger partial charge on any atom is -0.458 e. The van der Waals surface area contributed by atoms with Crippen LogP contribution < -0.4 is 69.5 Å². The van der Waals surface area contributed by atoms with Gasteiger partial charge >= 0.3 is 5.97 Å². The van der Waals surface area contributed by atoms with Crippen molar-refractivity contribution >= 4 is 82.8 Å². The van der Waals surface area contributed by atoms with Crippen molar-refractivity contribution in [2.24, 2.45) is 53.1 Å². The van der Waals surface area contributed by atoms with Crippen LogP contribution >= 0.6 is 0 Å². The summed E-state index contributed by atoms with van der Waals surface area (Å²) in [6.07, 6.45) is 1.02. The number of benzene rings is 1. The van der Waals surface area contributed by atoms with Crippen molar-refractivity contribution in [2.75, 3.05) is 13.1 Å². The summed E-state index contributed by atoms with van der Waals surface area (Å²) in [6, 6.07) is -7.67. The smallest absolute Gasteiger partial charge is 0.329 e. The second-order valence-electron chi connectivity index (χ2n) is 30.2. The highest BCUT2D eigenvalue weighted by molar-refractivity contribution is 6.03. The van der Waals surface area contributed by atoms with Crippen LogP contribution in [0.5, 0.6) is 0 Å². The van der Waals surface area contributed by atoms with Gasteiger partial charge in [0.05, 0.1) is 6.10 Å². The van der Waals surface area contributed by atoms with Crippen molar-refractivity contribution < 1.29 is 77.0 Å². The predicted molar refractivity (Wildman–Crippen MR) is 395 cm³/mol. The summed E-state index contributed by atoms with van der Waals surface area (Å²) >= 11 is 0. The van der Waals surface area contributed by atoms with Gasteiger partial charge in [-0.05, 0) is 112 Å². The van der Waals surface area contributed by atoms with E-state index in [-0.39, 0.29) is 63.2 Å². The second kappa shape index (κ2) is 43.8. The number of nitrogens with one attached hydrogen (secondary N) is 12. The Hall–Kier alpha value is -8.54. The van der Waals surface area contributed by atoms with Crippen LogP contribution in [0.3, 0.4) is 0 Å². The first kappa shape index (κ1) is 90.7. The van der Waals surface area contributed by atoms with Gasteiger partial charge in [-0.15, -0.1) is 0 Å². The van der Waals surface area contributed by atoms with Crippen LogP contribution in [0.15, 0.2) is 42.1 Å². The number of aliphatic hydroxyl groups is 1. The van der Waals surface area contributed by atoms with Crippen LogP contribution in [-0.4, -0.2) is 191 Å². The molecule has 1 aromatic carbocycles. The summed E-state index contributed by atoms with van der Waals surface area (Å²) < 4.78 is 5.96. The Kier molecular flexibility index (Phi) is 37.8. The Morgan fingerprint density at radius 3 is 1.69 bits per heavy atom. The van der Waals surface area contributed by atoms with Crippen molar-refractivity contribution in [1.29, 1.82) is 0 Å². The first-order valence-electron chi connectivity index (χ1n) is 37.5.